The Labute approximate surface area is 111 Å². The number of hydrogen-bond donors (Lipinski definition) is 1. The van der Waals surface area contributed by atoms with E-state index in [-0.39, 0.29) is 25.5 Å². The summed E-state index contributed by atoms with van der Waals surface area (Å²) >= 11 is 0. The molecule has 1 aromatic carbocycles. The summed E-state index contributed by atoms with van der Waals surface area (Å²) in [6.07, 6.45) is 0. The van der Waals surface area contributed by atoms with Crippen molar-refractivity contribution < 1.29 is 8.78 Å². The van der Waals surface area contributed by atoms with Gasteiger partial charge in [-0.15, -0.1) is 0 Å². The van der Waals surface area contributed by atoms with Crippen molar-refractivity contribution in [2.24, 2.45) is 0 Å². The first kappa shape index (κ1) is 14.4. The molecule has 1 atom stereocenters. The summed E-state index contributed by atoms with van der Waals surface area (Å²) in [6.45, 7) is 1.86. The molecule has 1 N–H and O–H groups in total. The lowest BCUT2D eigenvalue weighted by Gasteiger charge is -2.13. The number of halogens is 2. The van der Waals surface area contributed by atoms with Gasteiger partial charge in [-0.3, -0.25) is 0 Å². The van der Waals surface area contributed by atoms with Crippen LogP contribution in [0.15, 0.2) is 36.4 Å². The summed E-state index contributed by atoms with van der Waals surface area (Å²) in [5.41, 5.74) is 0.987. The molecule has 0 bridgehead atoms. The third-order valence-corrected chi connectivity index (χ3v) is 2.31. The SMILES string of the molecule is C[C@H](Nc1nc(F)cc(F)n1)c1ccccc1.S. The summed E-state index contributed by atoms with van der Waals surface area (Å²) in [4.78, 5) is 6.94. The van der Waals surface area contributed by atoms with E-state index in [1.54, 1.807) is 0 Å². The molecule has 18 heavy (non-hydrogen) atoms. The van der Waals surface area contributed by atoms with Gasteiger partial charge in [0.15, 0.2) is 0 Å². The number of rotatable bonds is 3. The molecule has 0 saturated carbocycles. The first-order valence-electron chi connectivity index (χ1n) is 5.17. The van der Waals surface area contributed by atoms with Crippen LogP contribution in [0.2, 0.25) is 0 Å². The Bertz CT molecular complexity index is 488. The molecular weight excluding hydrogens is 256 g/mol. The van der Waals surface area contributed by atoms with Gasteiger partial charge in [-0.2, -0.15) is 32.2 Å². The van der Waals surface area contributed by atoms with Crippen LogP contribution in [0, 0.1) is 11.9 Å². The second kappa shape index (κ2) is 6.30. The van der Waals surface area contributed by atoms with Gasteiger partial charge in [-0.1, -0.05) is 30.3 Å². The molecule has 0 saturated heterocycles. The van der Waals surface area contributed by atoms with Gasteiger partial charge in [0.05, 0.1) is 6.04 Å². The van der Waals surface area contributed by atoms with E-state index >= 15 is 0 Å². The molecule has 0 aliphatic carbocycles. The smallest absolute Gasteiger partial charge is 0.228 e. The van der Waals surface area contributed by atoms with E-state index in [2.05, 4.69) is 15.3 Å². The van der Waals surface area contributed by atoms with Gasteiger partial charge in [-0.05, 0) is 12.5 Å². The standard InChI is InChI=1S/C12H11F2N3.H2S/c1-8(9-5-3-2-4-6-9)15-12-16-10(13)7-11(14)17-12;/h2-8H,1H3,(H,15,16,17);1H2/t8-;/m0./s1. The number of nitrogens with zero attached hydrogens (tertiary/aromatic N) is 2. The Balaban J connectivity index is 0.00000162. The normalized spacial score (nSPS) is 11.5. The van der Waals surface area contributed by atoms with Crippen LogP contribution in [0.25, 0.3) is 0 Å². The maximum Gasteiger partial charge on any atom is 0.228 e. The van der Waals surface area contributed by atoms with Crippen LogP contribution in [0.1, 0.15) is 18.5 Å². The highest BCUT2D eigenvalue weighted by Crippen LogP contribution is 2.16. The summed E-state index contributed by atoms with van der Waals surface area (Å²) < 4.78 is 25.7. The minimum atomic E-state index is -0.889. The molecule has 0 unspecified atom stereocenters. The highest BCUT2D eigenvalue weighted by Gasteiger charge is 2.08. The molecule has 0 fully saturated rings. The van der Waals surface area contributed by atoms with E-state index in [4.69, 9.17) is 0 Å². The predicted molar refractivity (Wildman–Crippen MR) is 70.8 cm³/mol. The van der Waals surface area contributed by atoms with Gasteiger partial charge in [0.25, 0.3) is 0 Å². The molecule has 3 nitrogen and oxygen atoms in total. The van der Waals surface area contributed by atoms with E-state index in [1.165, 1.54) is 0 Å². The van der Waals surface area contributed by atoms with E-state index in [0.29, 0.717) is 6.07 Å². The average molecular weight is 269 g/mol. The monoisotopic (exact) mass is 269 g/mol. The van der Waals surface area contributed by atoms with Crippen LogP contribution < -0.4 is 5.32 Å². The second-order valence-corrected chi connectivity index (χ2v) is 3.61. The maximum atomic E-state index is 12.8. The molecule has 0 spiro atoms. The molecule has 2 rings (SSSR count). The van der Waals surface area contributed by atoms with Crippen molar-refractivity contribution in [3.63, 3.8) is 0 Å². The van der Waals surface area contributed by atoms with E-state index < -0.39 is 11.9 Å². The quantitative estimate of drug-likeness (QED) is 0.870. The Hall–Kier alpha value is -1.69. The Kier molecular flexibility index (Phi) is 5.03. The lowest BCUT2D eigenvalue weighted by atomic mass is 10.1. The first-order valence-corrected chi connectivity index (χ1v) is 5.17. The van der Waals surface area contributed by atoms with Crippen molar-refractivity contribution >= 4 is 19.4 Å². The molecule has 6 heteroatoms. The third-order valence-electron chi connectivity index (χ3n) is 2.31. The molecule has 0 amide bonds. The van der Waals surface area contributed by atoms with Crippen LogP contribution in [-0.4, -0.2) is 9.97 Å². The van der Waals surface area contributed by atoms with Gasteiger partial charge in [0, 0.05) is 6.07 Å². The number of aromatic nitrogens is 2. The zero-order chi connectivity index (χ0) is 12.3. The molecule has 0 radical (unpaired) electrons. The fourth-order valence-corrected chi connectivity index (χ4v) is 1.47. The Morgan fingerprint density at radius 3 is 2.17 bits per heavy atom. The highest BCUT2D eigenvalue weighted by atomic mass is 32.1. The summed E-state index contributed by atoms with van der Waals surface area (Å²) in [5, 5.41) is 2.84. The van der Waals surface area contributed by atoms with Crippen LogP contribution in [0.4, 0.5) is 14.7 Å². The lowest BCUT2D eigenvalue weighted by Crippen LogP contribution is -2.10. The zero-order valence-electron chi connectivity index (χ0n) is 9.69. The van der Waals surface area contributed by atoms with Gasteiger partial charge >= 0.3 is 0 Å². The maximum absolute atomic E-state index is 12.8. The minimum Gasteiger partial charge on any atom is -0.348 e. The highest BCUT2D eigenvalue weighted by molar-refractivity contribution is 7.59. The Morgan fingerprint density at radius 1 is 1.06 bits per heavy atom. The number of anilines is 1. The molecule has 2 aromatic rings. The molecular formula is C12H13F2N3S. The molecule has 0 aliphatic rings. The van der Waals surface area contributed by atoms with Gasteiger partial charge in [-0.25, -0.2) is 0 Å². The second-order valence-electron chi connectivity index (χ2n) is 3.61. The van der Waals surface area contributed by atoms with E-state index in [0.717, 1.165) is 5.56 Å². The number of benzene rings is 1. The largest absolute Gasteiger partial charge is 0.348 e. The van der Waals surface area contributed by atoms with Crippen molar-refractivity contribution in [3.05, 3.63) is 53.9 Å². The summed E-state index contributed by atoms with van der Waals surface area (Å²) in [6, 6.07) is 10.0. The van der Waals surface area contributed by atoms with Crippen LogP contribution >= 0.6 is 13.5 Å². The molecule has 1 aromatic heterocycles. The van der Waals surface area contributed by atoms with E-state index in [9.17, 15) is 8.78 Å². The van der Waals surface area contributed by atoms with Gasteiger partial charge in [0.1, 0.15) is 0 Å². The summed E-state index contributed by atoms with van der Waals surface area (Å²) in [7, 11) is 0. The minimum absolute atomic E-state index is 0. The zero-order valence-corrected chi connectivity index (χ0v) is 10.7. The average Bonchev–Trinajstić information content (AvgIpc) is 2.28. The van der Waals surface area contributed by atoms with E-state index in [1.807, 2.05) is 37.3 Å². The van der Waals surface area contributed by atoms with Gasteiger partial charge in [0.2, 0.25) is 17.8 Å². The van der Waals surface area contributed by atoms with Crippen LogP contribution in [0.3, 0.4) is 0 Å². The molecule has 0 aliphatic heterocycles. The van der Waals surface area contributed by atoms with Crippen LogP contribution in [0.5, 0.6) is 0 Å². The van der Waals surface area contributed by atoms with Crippen molar-refractivity contribution in [1.29, 1.82) is 0 Å². The fourth-order valence-electron chi connectivity index (χ4n) is 1.47. The van der Waals surface area contributed by atoms with Crippen molar-refractivity contribution in [2.45, 2.75) is 13.0 Å². The molecule has 96 valence electrons. The van der Waals surface area contributed by atoms with Crippen molar-refractivity contribution in [2.75, 3.05) is 5.32 Å². The van der Waals surface area contributed by atoms with Crippen LogP contribution in [-0.2, 0) is 0 Å². The number of hydrogen-bond acceptors (Lipinski definition) is 3. The third kappa shape index (κ3) is 3.66. The molecule has 1 heterocycles. The fraction of sp³-hybridized carbons (Fsp3) is 0.167. The van der Waals surface area contributed by atoms with Gasteiger partial charge < -0.3 is 5.32 Å². The Morgan fingerprint density at radius 2 is 1.61 bits per heavy atom. The van der Waals surface area contributed by atoms with Crippen molar-refractivity contribution in [3.8, 4) is 0 Å². The summed E-state index contributed by atoms with van der Waals surface area (Å²) in [5.74, 6) is -1.83. The van der Waals surface area contributed by atoms with Crippen molar-refractivity contribution in [1.82, 2.24) is 9.97 Å². The predicted octanol–water partition coefficient (Wildman–Crippen LogP) is 3.04. The number of nitrogens with one attached hydrogen (secondary N) is 1. The first-order chi connectivity index (χ1) is 8.15. The lowest BCUT2D eigenvalue weighted by molar-refractivity contribution is 0.526. The topological polar surface area (TPSA) is 37.8 Å².